The van der Waals surface area contributed by atoms with E-state index in [1.807, 2.05) is 24.3 Å². The Morgan fingerprint density at radius 3 is 2.82 bits per heavy atom. The van der Waals surface area contributed by atoms with Crippen LogP contribution in [0.25, 0.3) is 17.1 Å². The van der Waals surface area contributed by atoms with Gasteiger partial charge in [0.05, 0.1) is 11.7 Å². The van der Waals surface area contributed by atoms with Gasteiger partial charge in [-0.05, 0) is 43.7 Å². The van der Waals surface area contributed by atoms with Crippen molar-refractivity contribution in [3.8, 4) is 17.1 Å². The summed E-state index contributed by atoms with van der Waals surface area (Å²) in [5.74, 6) is 1.29. The van der Waals surface area contributed by atoms with Crippen molar-refractivity contribution >= 4 is 0 Å². The minimum atomic E-state index is 0.209. The standard InChI is InChI=1S/C15H16N6O/c1-2-8-17-13(3-1)14-19-15(22-20-14)11-4-6-12(7-5-11)21-10-16-9-18-21/h4-7,9-10,13,17H,1-3,8H2/t13-/m1/s1. The summed E-state index contributed by atoms with van der Waals surface area (Å²) in [5.41, 5.74) is 1.84. The Bertz CT molecular complexity index is 728. The Morgan fingerprint density at radius 2 is 2.09 bits per heavy atom. The quantitative estimate of drug-likeness (QED) is 0.797. The first-order chi connectivity index (χ1) is 10.9. The summed E-state index contributed by atoms with van der Waals surface area (Å²) in [4.78, 5) is 8.46. The lowest BCUT2D eigenvalue weighted by atomic mass is 10.0. The molecule has 1 aliphatic heterocycles. The fraction of sp³-hybridized carbons (Fsp3) is 0.333. The first kappa shape index (κ1) is 13.1. The van der Waals surface area contributed by atoms with Gasteiger partial charge in [-0.25, -0.2) is 9.67 Å². The third kappa shape index (κ3) is 2.50. The molecular weight excluding hydrogens is 280 g/mol. The molecule has 3 heterocycles. The van der Waals surface area contributed by atoms with Crippen LogP contribution in [-0.4, -0.2) is 31.4 Å². The molecule has 0 radical (unpaired) electrons. The average Bonchev–Trinajstić information content (AvgIpc) is 3.28. The van der Waals surface area contributed by atoms with Gasteiger partial charge in [-0.2, -0.15) is 10.1 Å². The van der Waals surface area contributed by atoms with Crippen LogP contribution in [0, 0.1) is 0 Å². The van der Waals surface area contributed by atoms with Crippen LogP contribution in [0.4, 0.5) is 0 Å². The van der Waals surface area contributed by atoms with E-state index in [0.717, 1.165) is 30.0 Å². The van der Waals surface area contributed by atoms with E-state index in [-0.39, 0.29) is 6.04 Å². The molecule has 1 fully saturated rings. The van der Waals surface area contributed by atoms with Crippen molar-refractivity contribution in [2.45, 2.75) is 25.3 Å². The van der Waals surface area contributed by atoms with Crippen LogP contribution in [0.5, 0.6) is 0 Å². The van der Waals surface area contributed by atoms with Crippen LogP contribution in [0.2, 0.25) is 0 Å². The van der Waals surface area contributed by atoms with Crippen LogP contribution in [-0.2, 0) is 0 Å². The highest BCUT2D eigenvalue weighted by molar-refractivity contribution is 5.55. The van der Waals surface area contributed by atoms with E-state index in [9.17, 15) is 0 Å². The topological polar surface area (TPSA) is 81.7 Å². The largest absolute Gasteiger partial charge is 0.334 e. The summed E-state index contributed by atoms with van der Waals surface area (Å²) >= 11 is 0. The molecule has 0 aliphatic carbocycles. The molecule has 1 N–H and O–H groups in total. The highest BCUT2D eigenvalue weighted by atomic mass is 16.5. The molecule has 3 aromatic rings. The van der Waals surface area contributed by atoms with Gasteiger partial charge in [0.1, 0.15) is 12.7 Å². The first-order valence-electron chi connectivity index (χ1n) is 7.42. The van der Waals surface area contributed by atoms with Gasteiger partial charge in [-0.15, -0.1) is 0 Å². The van der Waals surface area contributed by atoms with Crippen LogP contribution >= 0.6 is 0 Å². The SMILES string of the molecule is c1ncn(-c2ccc(-c3nc([C@H]4CCCCN4)no3)cc2)n1. The van der Waals surface area contributed by atoms with E-state index in [4.69, 9.17) is 4.52 Å². The molecule has 22 heavy (non-hydrogen) atoms. The molecule has 1 saturated heterocycles. The number of hydrogen-bond donors (Lipinski definition) is 1. The number of nitrogens with one attached hydrogen (secondary N) is 1. The zero-order chi connectivity index (χ0) is 14.8. The molecule has 0 amide bonds. The molecule has 7 nitrogen and oxygen atoms in total. The highest BCUT2D eigenvalue weighted by Crippen LogP contribution is 2.24. The highest BCUT2D eigenvalue weighted by Gasteiger charge is 2.20. The summed E-state index contributed by atoms with van der Waals surface area (Å²) in [6.45, 7) is 1.02. The zero-order valence-electron chi connectivity index (χ0n) is 12.0. The fourth-order valence-electron chi connectivity index (χ4n) is 2.66. The van der Waals surface area contributed by atoms with Gasteiger partial charge in [-0.3, -0.25) is 0 Å². The number of aromatic nitrogens is 5. The van der Waals surface area contributed by atoms with Gasteiger partial charge in [-0.1, -0.05) is 11.6 Å². The normalized spacial score (nSPS) is 18.5. The second-order valence-corrected chi connectivity index (χ2v) is 5.35. The maximum atomic E-state index is 5.40. The molecule has 4 rings (SSSR count). The van der Waals surface area contributed by atoms with Gasteiger partial charge >= 0.3 is 0 Å². The molecule has 0 bridgehead atoms. The van der Waals surface area contributed by atoms with Crippen molar-refractivity contribution in [1.29, 1.82) is 0 Å². The number of piperidine rings is 1. The second-order valence-electron chi connectivity index (χ2n) is 5.35. The third-order valence-corrected chi connectivity index (χ3v) is 3.86. The van der Waals surface area contributed by atoms with Gasteiger partial charge in [0.2, 0.25) is 0 Å². The van der Waals surface area contributed by atoms with Crippen LogP contribution in [0.15, 0.2) is 41.4 Å². The van der Waals surface area contributed by atoms with Crippen molar-refractivity contribution in [3.63, 3.8) is 0 Å². The summed E-state index contributed by atoms with van der Waals surface area (Å²) in [6, 6.07) is 8.01. The second kappa shape index (κ2) is 5.69. The number of benzene rings is 1. The maximum absolute atomic E-state index is 5.40. The number of rotatable bonds is 3. The lowest BCUT2D eigenvalue weighted by molar-refractivity contribution is 0.367. The molecule has 0 unspecified atom stereocenters. The van der Waals surface area contributed by atoms with Crippen molar-refractivity contribution < 1.29 is 4.52 Å². The molecule has 1 atom stereocenters. The van der Waals surface area contributed by atoms with Crippen molar-refractivity contribution in [2.24, 2.45) is 0 Å². The van der Waals surface area contributed by atoms with E-state index in [1.165, 1.54) is 19.2 Å². The Hall–Kier alpha value is -2.54. The van der Waals surface area contributed by atoms with Crippen molar-refractivity contribution in [1.82, 2.24) is 30.2 Å². The van der Waals surface area contributed by atoms with Crippen LogP contribution < -0.4 is 5.32 Å². The van der Waals surface area contributed by atoms with E-state index in [1.54, 1.807) is 11.0 Å². The minimum Gasteiger partial charge on any atom is -0.334 e. The van der Waals surface area contributed by atoms with Gasteiger partial charge in [0.25, 0.3) is 5.89 Å². The fourth-order valence-corrected chi connectivity index (χ4v) is 2.66. The molecule has 7 heteroatoms. The Balaban J connectivity index is 1.55. The summed E-state index contributed by atoms with van der Waals surface area (Å²) < 4.78 is 7.10. The zero-order valence-corrected chi connectivity index (χ0v) is 12.0. The number of nitrogens with zero attached hydrogens (tertiary/aromatic N) is 5. The van der Waals surface area contributed by atoms with E-state index < -0.39 is 0 Å². The van der Waals surface area contributed by atoms with E-state index in [2.05, 4.69) is 25.5 Å². The van der Waals surface area contributed by atoms with Crippen molar-refractivity contribution in [2.75, 3.05) is 6.54 Å². The predicted octanol–water partition coefficient (Wildman–Crippen LogP) is 2.13. The van der Waals surface area contributed by atoms with Gasteiger partial charge in [0.15, 0.2) is 5.82 Å². The van der Waals surface area contributed by atoms with E-state index >= 15 is 0 Å². The van der Waals surface area contributed by atoms with Crippen molar-refractivity contribution in [3.05, 3.63) is 42.7 Å². The lowest BCUT2D eigenvalue weighted by Gasteiger charge is -2.19. The maximum Gasteiger partial charge on any atom is 0.257 e. The first-order valence-corrected chi connectivity index (χ1v) is 7.42. The van der Waals surface area contributed by atoms with Gasteiger partial charge < -0.3 is 9.84 Å². The summed E-state index contributed by atoms with van der Waals surface area (Å²) in [6.07, 6.45) is 6.65. The number of hydrogen-bond acceptors (Lipinski definition) is 6. The van der Waals surface area contributed by atoms with Crippen LogP contribution in [0.3, 0.4) is 0 Å². The molecule has 1 aromatic carbocycles. The Morgan fingerprint density at radius 1 is 1.18 bits per heavy atom. The minimum absolute atomic E-state index is 0.209. The van der Waals surface area contributed by atoms with E-state index in [0.29, 0.717) is 5.89 Å². The van der Waals surface area contributed by atoms with Crippen LogP contribution in [0.1, 0.15) is 31.1 Å². The monoisotopic (exact) mass is 296 g/mol. The molecule has 0 spiro atoms. The molecule has 0 saturated carbocycles. The summed E-state index contributed by atoms with van der Waals surface area (Å²) in [5, 5.41) is 11.6. The molecule has 112 valence electrons. The molecular formula is C15H16N6O. The lowest BCUT2D eigenvalue weighted by Crippen LogP contribution is -2.27. The Labute approximate surface area is 127 Å². The average molecular weight is 296 g/mol. The summed E-state index contributed by atoms with van der Waals surface area (Å²) in [7, 11) is 0. The third-order valence-electron chi connectivity index (χ3n) is 3.86. The molecule has 1 aliphatic rings. The molecule has 2 aromatic heterocycles. The predicted molar refractivity (Wildman–Crippen MR) is 79.2 cm³/mol. The smallest absolute Gasteiger partial charge is 0.257 e. The van der Waals surface area contributed by atoms with Gasteiger partial charge in [0, 0.05) is 5.56 Å². The Kier molecular flexibility index (Phi) is 3.40.